The van der Waals surface area contributed by atoms with E-state index in [0.717, 1.165) is 6.42 Å². The van der Waals surface area contributed by atoms with Crippen LogP contribution in [0.5, 0.6) is 0 Å². The van der Waals surface area contributed by atoms with Crippen LogP contribution in [0, 0.1) is 0 Å². The zero-order valence-corrected chi connectivity index (χ0v) is 11.5. The van der Waals surface area contributed by atoms with Crippen molar-refractivity contribution in [3.05, 3.63) is 36.0 Å². The van der Waals surface area contributed by atoms with Crippen LogP contribution in [0.3, 0.4) is 0 Å². The highest BCUT2D eigenvalue weighted by molar-refractivity contribution is 5.83. The summed E-state index contributed by atoms with van der Waals surface area (Å²) in [5.74, 6) is 0. The number of nitrogens with zero attached hydrogens (tertiary/aromatic N) is 1. The molecular formula is C16H23N3. The van der Waals surface area contributed by atoms with E-state index < -0.39 is 0 Å². The van der Waals surface area contributed by atoms with E-state index in [4.69, 9.17) is 0 Å². The third-order valence-electron chi connectivity index (χ3n) is 4.03. The molecule has 1 fully saturated rings. The molecule has 0 bridgehead atoms. The Morgan fingerprint density at radius 3 is 2.68 bits per heavy atom. The highest BCUT2D eigenvalue weighted by Gasteiger charge is 2.09. The minimum Gasteiger partial charge on any atom is -0.361 e. The molecule has 1 aliphatic heterocycles. The van der Waals surface area contributed by atoms with Gasteiger partial charge in [-0.1, -0.05) is 18.2 Å². The summed E-state index contributed by atoms with van der Waals surface area (Å²) in [4.78, 5) is 5.98. The van der Waals surface area contributed by atoms with Gasteiger partial charge in [0.2, 0.25) is 0 Å². The summed E-state index contributed by atoms with van der Waals surface area (Å²) in [6.07, 6.45) is 5.87. The molecule has 19 heavy (non-hydrogen) atoms. The van der Waals surface area contributed by atoms with Gasteiger partial charge in [-0.25, -0.2) is 0 Å². The first-order valence-electron chi connectivity index (χ1n) is 7.41. The predicted molar refractivity (Wildman–Crippen MR) is 80.5 cm³/mol. The summed E-state index contributed by atoms with van der Waals surface area (Å²) >= 11 is 0. The lowest BCUT2D eigenvalue weighted by Gasteiger charge is -2.24. The normalized spacial score (nSPS) is 18.3. The van der Waals surface area contributed by atoms with Crippen molar-refractivity contribution < 1.29 is 0 Å². The topological polar surface area (TPSA) is 31.1 Å². The van der Waals surface area contributed by atoms with Crippen molar-refractivity contribution in [2.75, 3.05) is 32.7 Å². The Hall–Kier alpha value is -1.32. The summed E-state index contributed by atoms with van der Waals surface area (Å²) in [5, 5.41) is 4.86. The molecular weight excluding hydrogens is 234 g/mol. The molecule has 2 N–H and O–H groups in total. The Labute approximate surface area is 115 Å². The summed E-state index contributed by atoms with van der Waals surface area (Å²) in [5.41, 5.74) is 2.71. The number of H-pyrrole nitrogens is 1. The second-order valence-electron chi connectivity index (χ2n) is 5.41. The molecule has 0 radical (unpaired) electrons. The third kappa shape index (κ3) is 3.17. The van der Waals surface area contributed by atoms with Crippen molar-refractivity contribution in [2.24, 2.45) is 0 Å². The first-order chi connectivity index (χ1) is 9.43. The number of benzene rings is 1. The Morgan fingerprint density at radius 2 is 1.84 bits per heavy atom. The van der Waals surface area contributed by atoms with Crippen LogP contribution in [0.1, 0.15) is 18.4 Å². The molecule has 1 saturated heterocycles. The van der Waals surface area contributed by atoms with Gasteiger partial charge in [0.15, 0.2) is 0 Å². The quantitative estimate of drug-likeness (QED) is 0.884. The van der Waals surface area contributed by atoms with Gasteiger partial charge in [0, 0.05) is 23.6 Å². The second-order valence-corrected chi connectivity index (χ2v) is 5.41. The van der Waals surface area contributed by atoms with Crippen molar-refractivity contribution in [3.63, 3.8) is 0 Å². The average molecular weight is 257 g/mol. The second kappa shape index (κ2) is 6.22. The molecule has 0 saturated carbocycles. The minimum absolute atomic E-state index is 1.15. The van der Waals surface area contributed by atoms with Crippen molar-refractivity contribution in [2.45, 2.75) is 19.3 Å². The van der Waals surface area contributed by atoms with Gasteiger partial charge < -0.3 is 15.2 Å². The zero-order valence-electron chi connectivity index (χ0n) is 11.5. The van der Waals surface area contributed by atoms with Crippen LogP contribution in [0.25, 0.3) is 10.9 Å². The number of aromatic amines is 1. The number of para-hydroxylation sites is 1. The summed E-state index contributed by atoms with van der Waals surface area (Å²) in [6.45, 7) is 5.99. The largest absolute Gasteiger partial charge is 0.361 e. The third-order valence-corrected chi connectivity index (χ3v) is 4.03. The van der Waals surface area contributed by atoms with E-state index in [-0.39, 0.29) is 0 Å². The molecule has 0 aliphatic carbocycles. The van der Waals surface area contributed by atoms with Crippen LogP contribution in [0.15, 0.2) is 30.5 Å². The predicted octanol–water partition coefficient (Wildman–Crippen LogP) is 2.40. The molecule has 3 rings (SSSR count). The molecule has 0 spiro atoms. The lowest BCUT2D eigenvalue weighted by molar-refractivity contribution is 0.255. The monoisotopic (exact) mass is 257 g/mol. The number of hydrogen-bond donors (Lipinski definition) is 2. The van der Waals surface area contributed by atoms with E-state index in [1.54, 1.807) is 0 Å². The lowest BCUT2D eigenvalue weighted by Crippen LogP contribution is -2.35. The number of rotatable bonds is 3. The first kappa shape index (κ1) is 12.7. The molecule has 2 aromatic rings. The molecule has 1 aromatic carbocycles. The Morgan fingerprint density at radius 1 is 1.05 bits per heavy atom. The van der Waals surface area contributed by atoms with Gasteiger partial charge in [-0.3, -0.25) is 0 Å². The fourth-order valence-corrected chi connectivity index (χ4v) is 2.93. The van der Waals surface area contributed by atoms with Crippen molar-refractivity contribution in [1.29, 1.82) is 0 Å². The van der Waals surface area contributed by atoms with E-state index in [1.165, 1.54) is 62.0 Å². The molecule has 0 unspecified atom stereocenters. The Balaban J connectivity index is 1.61. The summed E-state index contributed by atoms with van der Waals surface area (Å²) in [7, 11) is 0. The molecule has 1 aliphatic rings. The van der Waals surface area contributed by atoms with Crippen LogP contribution in [0.4, 0.5) is 0 Å². The van der Waals surface area contributed by atoms with E-state index in [0.29, 0.717) is 0 Å². The highest BCUT2D eigenvalue weighted by atomic mass is 15.1. The molecule has 0 amide bonds. The van der Waals surface area contributed by atoms with Gasteiger partial charge in [-0.05, 0) is 57.1 Å². The maximum atomic E-state index is 3.47. The maximum Gasteiger partial charge on any atom is 0.0456 e. The van der Waals surface area contributed by atoms with Crippen molar-refractivity contribution in [1.82, 2.24) is 15.2 Å². The molecule has 3 heteroatoms. The van der Waals surface area contributed by atoms with E-state index in [9.17, 15) is 0 Å². The Bertz CT molecular complexity index is 509. The minimum atomic E-state index is 1.15. The first-order valence-corrected chi connectivity index (χ1v) is 7.41. The summed E-state index contributed by atoms with van der Waals surface area (Å²) < 4.78 is 0. The lowest BCUT2D eigenvalue weighted by atomic mass is 10.1. The van der Waals surface area contributed by atoms with Gasteiger partial charge in [0.05, 0.1) is 0 Å². The molecule has 0 atom stereocenters. The van der Waals surface area contributed by atoms with Gasteiger partial charge in [0.1, 0.15) is 0 Å². The molecule has 102 valence electrons. The number of hydrogen-bond acceptors (Lipinski definition) is 2. The highest BCUT2D eigenvalue weighted by Crippen LogP contribution is 2.18. The zero-order chi connectivity index (χ0) is 12.9. The van der Waals surface area contributed by atoms with Crippen LogP contribution in [0.2, 0.25) is 0 Å². The number of fused-ring (bicyclic) bond motifs is 1. The van der Waals surface area contributed by atoms with E-state index in [2.05, 4.69) is 45.7 Å². The fourth-order valence-electron chi connectivity index (χ4n) is 2.93. The smallest absolute Gasteiger partial charge is 0.0456 e. The van der Waals surface area contributed by atoms with Crippen LogP contribution >= 0.6 is 0 Å². The summed E-state index contributed by atoms with van der Waals surface area (Å²) in [6, 6.07) is 8.59. The van der Waals surface area contributed by atoms with Crippen molar-refractivity contribution in [3.8, 4) is 0 Å². The Kier molecular flexibility index (Phi) is 4.16. The van der Waals surface area contributed by atoms with Crippen LogP contribution in [-0.4, -0.2) is 42.6 Å². The maximum absolute atomic E-state index is 3.47. The van der Waals surface area contributed by atoms with Gasteiger partial charge in [0.25, 0.3) is 0 Å². The van der Waals surface area contributed by atoms with Gasteiger partial charge in [-0.2, -0.15) is 0 Å². The van der Waals surface area contributed by atoms with E-state index >= 15 is 0 Å². The number of aromatic nitrogens is 1. The van der Waals surface area contributed by atoms with E-state index in [1.807, 2.05) is 0 Å². The standard InChI is InChI=1S/C16H23N3/c1-2-6-16-15(5-1)14(13-18-16)7-12-19-10-3-8-17-9-4-11-19/h1-2,5-6,13,17-18H,3-4,7-12H2. The van der Waals surface area contributed by atoms with Crippen LogP contribution < -0.4 is 5.32 Å². The van der Waals surface area contributed by atoms with Gasteiger partial charge >= 0.3 is 0 Å². The number of nitrogens with one attached hydrogen (secondary N) is 2. The van der Waals surface area contributed by atoms with Gasteiger partial charge in [-0.15, -0.1) is 0 Å². The molecule has 1 aromatic heterocycles. The van der Waals surface area contributed by atoms with Crippen LogP contribution in [-0.2, 0) is 6.42 Å². The molecule has 2 heterocycles. The average Bonchev–Trinajstić information content (AvgIpc) is 2.81. The molecule has 3 nitrogen and oxygen atoms in total. The SMILES string of the molecule is c1ccc2c(CCN3CCCNCCC3)c[nH]c2c1. The fraction of sp³-hybridized carbons (Fsp3) is 0.500. The van der Waals surface area contributed by atoms with Crippen molar-refractivity contribution >= 4 is 10.9 Å².